The van der Waals surface area contributed by atoms with Crippen molar-refractivity contribution in [2.45, 2.75) is 39.2 Å². The van der Waals surface area contributed by atoms with Gasteiger partial charge < -0.3 is 20.4 Å². The van der Waals surface area contributed by atoms with Crippen molar-refractivity contribution in [2.75, 3.05) is 36.0 Å². The average molecular weight is 403 g/mol. The molecule has 2 aromatic heterocycles. The fourth-order valence-corrected chi connectivity index (χ4v) is 4.54. The lowest BCUT2D eigenvalue weighted by Gasteiger charge is -2.39. The monoisotopic (exact) mass is 402 g/mol. The Morgan fingerprint density at radius 3 is 2.80 bits per heavy atom. The zero-order valence-corrected chi connectivity index (χ0v) is 17.3. The summed E-state index contributed by atoms with van der Waals surface area (Å²) in [4.78, 5) is 27.1. The Morgan fingerprint density at radius 1 is 1.20 bits per heavy atom. The number of hydrogen-bond acceptors (Lipinski definition) is 7. The normalized spacial score (nSPS) is 19.7. The lowest BCUT2D eigenvalue weighted by Crippen LogP contribution is -2.42. The van der Waals surface area contributed by atoms with Crippen molar-refractivity contribution < 1.29 is 0 Å². The molecule has 8 heteroatoms. The molecule has 0 bridgehead atoms. The van der Waals surface area contributed by atoms with Gasteiger partial charge in [0.1, 0.15) is 5.69 Å². The van der Waals surface area contributed by atoms with E-state index in [1.807, 2.05) is 12.3 Å². The van der Waals surface area contributed by atoms with Crippen LogP contribution in [-0.2, 0) is 13.0 Å². The van der Waals surface area contributed by atoms with Crippen LogP contribution in [0.5, 0.6) is 0 Å². The SMILES string of the molecule is [C-]#[N+]c1nc2c(nc1N1CCC(C)(CN)CC1)CN=C2N1CCCc2ncccc21. The predicted octanol–water partition coefficient (Wildman–Crippen LogP) is 2.70. The highest BCUT2D eigenvalue weighted by molar-refractivity contribution is 6.11. The third kappa shape index (κ3) is 3.10. The topological polar surface area (TPSA) is 87.9 Å². The van der Waals surface area contributed by atoms with E-state index in [9.17, 15) is 0 Å². The molecular weight excluding hydrogens is 376 g/mol. The third-order valence-corrected chi connectivity index (χ3v) is 6.60. The van der Waals surface area contributed by atoms with Crippen LogP contribution in [0.1, 0.15) is 43.3 Å². The molecule has 0 amide bonds. The maximum atomic E-state index is 7.72. The summed E-state index contributed by atoms with van der Waals surface area (Å²) in [5.74, 6) is 1.88. The van der Waals surface area contributed by atoms with Crippen LogP contribution < -0.4 is 15.5 Å². The van der Waals surface area contributed by atoms with Gasteiger partial charge in [-0.05, 0) is 49.8 Å². The van der Waals surface area contributed by atoms with Crippen molar-refractivity contribution >= 4 is 23.2 Å². The molecule has 1 saturated heterocycles. The highest BCUT2D eigenvalue weighted by Gasteiger charge is 2.35. The van der Waals surface area contributed by atoms with Gasteiger partial charge in [-0.3, -0.25) is 9.98 Å². The van der Waals surface area contributed by atoms with Crippen molar-refractivity contribution in [1.82, 2.24) is 15.0 Å². The van der Waals surface area contributed by atoms with Gasteiger partial charge in [0, 0.05) is 25.8 Å². The molecule has 3 aliphatic heterocycles. The number of anilines is 2. The number of hydrogen-bond donors (Lipinski definition) is 1. The molecule has 2 aromatic rings. The summed E-state index contributed by atoms with van der Waals surface area (Å²) in [5.41, 5.74) is 9.90. The maximum Gasteiger partial charge on any atom is 0.312 e. The highest BCUT2D eigenvalue weighted by Crippen LogP contribution is 2.36. The summed E-state index contributed by atoms with van der Waals surface area (Å²) in [6.45, 7) is 13.7. The quantitative estimate of drug-likeness (QED) is 0.777. The Kier molecular flexibility index (Phi) is 4.63. The number of nitrogens with two attached hydrogens (primary N) is 1. The van der Waals surface area contributed by atoms with E-state index < -0.39 is 0 Å². The fourth-order valence-electron chi connectivity index (χ4n) is 4.54. The molecule has 30 heavy (non-hydrogen) atoms. The van der Waals surface area contributed by atoms with Gasteiger partial charge in [-0.15, -0.1) is 4.98 Å². The smallest absolute Gasteiger partial charge is 0.312 e. The first-order valence-corrected chi connectivity index (χ1v) is 10.6. The van der Waals surface area contributed by atoms with E-state index >= 15 is 0 Å². The van der Waals surface area contributed by atoms with Crippen molar-refractivity contribution in [3.05, 3.63) is 46.8 Å². The maximum absolute atomic E-state index is 7.72. The van der Waals surface area contributed by atoms with Crippen molar-refractivity contribution in [1.29, 1.82) is 0 Å². The number of pyridine rings is 1. The minimum atomic E-state index is 0.172. The second-order valence-corrected chi connectivity index (χ2v) is 8.64. The van der Waals surface area contributed by atoms with Gasteiger partial charge in [-0.1, -0.05) is 13.5 Å². The first-order valence-electron chi connectivity index (χ1n) is 10.6. The number of nitrogens with zero attached hydrogens (tertiary/aromatic N) is 7. The van der Waals surface area contributed by atoms with E-state index in [4.69, 9.17) is 27.3 Å². The summed E-state index contributed by atoms with van der Waals surface area (Å²) in [5, 5.41) is 0. The summed E-state index contributed by atoms with van der Waals surface area (Å²) in [7, 11) is 0. The molecule has 2 N–H and O–H groups in total. The molecule has 0 radical (unpaired) electrons. The van der Waals surface area contributed by atoms with E-state index in [0.717, 1.165) is 73.9 Å². The molecule has 154 valence electrons. The van der Waals surface area contributed by atoms with Gasteiger partial charge in [0.2, 0.25) is 5.69 Å². The third-order valence-electron chi connectivity index (χ3n) is 6.60. The first-order chi connectivity index (χ1) is 14.6. The molecule has 0 aliphatic carbocycles. The van der Waals surface area contributed by atoms with Crippen LogP contribution in [0.4, 0.5) is 17.3 Å². The van der Waals surface area contributed by atoms with Crippen LogP contribution in [0.25, 0.3) is 4.85 Å². The number of aryl methyl sites for hydroxylation is 1. The molecule has 0 spiro atoms. The van der Waals surface area contributed by atoms with E-state index in [-0.39, 0.29) is 5.41 Å². The Morgan fingerprint density at radius 2 is 2.03 bits per heavy atom. The largest absolute Gasteiger partial charge is 0.364 e. The van der Waals surface area contributed by atoms with Crippen LogP contribution >= 0.6 is 0 Å². The molecule has 0 atom stereocenters. The Hall–Kier alpha value is -3.05. The van der Waals surface area contributed by atoms with Gasteiger partial charge in [-0.2, -0.15) is 0 Å². The van der Waals surface area contributed by atoms with Crippen molar-refractivity contribution in [2.24, 2.45) is 16.1 Å². The second kappa shape index (κ2) is 7.33. The molecule has 8 nitrogen and oxygen atoms in total. The fraction of sp³-hybridized carbons (Fsp3) is 0.500. The zero-order valence-electron chi connectivity index (χ0n) is 17.3. The van der Waals surface area contributed by atoms with E-state index in [2.05, 4.69) is 32.6 Å². The Labute approximate surface area is 176 Å². The number of amidine groups is 1. The number of piperidine rings is 1. The summed E-state index contributed by atoms with van der Waals surface area (Å²) < 4.78 is 0. The lowest BCUT2D eigenvalue weighted by molar-refractivity contribution is 0.258. The molecule has 0 saturated carbocycles. The summed E-state index contributed by atoms with van der Waals surface area (Å²) >= 11 is 0. The van der Waals surface area contributed by atoms with Gasteiger partial charge in [-0.25, -0.2) is 4.98 Å². The van der Waals surface area contributed by atoms with Crippen LogP contribution in [0.3, 0.4) is 0 Å². The van der Waals surface area contributed by atoms with Gasteiger partial charge in [0.15, 0.2) is 11.7 Å². The molecule has 0 aromatic carbocycles. The van der Waals surface area contributed by atoms with Crippen LogP contribution in [0, 0.1) is 12.0 Å². The number of fused-ring (bicyclic) bond motifs is 2. The van der Waals surface area contributed by atoms with E-state index in [1.54, 1.807) is 0 Å². The molecule has 1 fully saturated rings. The van der Waals surface area contributed by atoms with Crippen LogP contribution in [-0.4, -0.2) is 47.0 Å². The first kappa shape index (κ1) is 18.9. The lowest BCUT2D eigenvalue weighted by atomic mass is 9.80. The van der Waals surface area contributed by atoms with E-state index in [1.165, 1.54) is 0 Å². The Balaban J connectivity index is 1.46. The zero-order chi connectivity index (χ0) is 20.7. The molecule has 5 rings (SSSR count). The van der Waals surface area contributed by atoms with Crippen molar-refractivity contribution in [3.63, 3.8) is 0 Å². The van der Waals surface area contributed by atoms with Gasteiger partial charge >= 0.3 is 5.82 Å². The number of aliphatic imine (C=N–C) groups is 1. The predicted molar refractivity (Wildman–Crippen MR) is 117 cm³/mol. The van der Waals surface area contributed by atoms with E-state index in [0.29, 0.717) is 24.7 Å². The average Bonchev–Trinajstić information content (AvgIpc) is 3.21. The molecule has 0 unspecified atom stereocenters. The van der Waals surface area contributed by atoms with Gasteiger partial charge in [0.05, 0.1) is 17.9 Å². The number of aromatic nitrogens is 3. The van der Waals surface area contributed by atoms with Crippen LogP contribution in [0.2, 0.25) is 0 Å². The molecular formula is C22H26N8. The minimum Gasteiger partial charge on any atom is -0.364 e. The van der Waals surface area contributed by atoms with Crippen LogP contribution in [0.15, 0.2) is 23.3 Å². The summed E-state index contributed by atoms with van der Waals surface area (Å²) in [6.07, 6.45) is 5.83. The standard InChI is InChI=1S/C22H26N8/c1-22(14-23)7-11-29(12-8-22)21-19(24-2)28-18-16(27-21)13-26-20(18)30-10-4-5-15-17(30)6-3-9-25-15/h3,6,9H,4-5,7-8,10-14,23H2,1H3. The second-order valence-electron chi connectivity index (χ2n) is 8.64. The van der Waals surface area contributed by atoms with Gasteiger partial charge in [0.25, 0.3) is 0 Å². The molecule has 5 heterocycles. The van der Waals surface area contributed by atoms with Crippen molar-refractivity contribution in [3.8, 4) is 0 Å². The minimum absolute atomic E-state index is 0.172. The molecule has 3 aliphatic rings. The highest BCUT2D eigenvalue weighted by atomic mass is 15.3. The number of rotatable bonds is 2. The Bertz CT molecular complexity index is 1050. The summed E-state index contributed by atoms with van der Waals surface area (Å²) in [6, 6.07) is 4.04.